The number of Topliss-reactive ketones (excluding diaryl/α,β-unsaturated/α-hetero) is 1. The van der Waals surface area contributed by atoms with Crippen LogP contribution in [0.3, 0.4) is 0 Å². The molecule has 0 bridgehead atoms. The van der Waals surface area contributed by atoms with Gasteiger partial charge in [-0.25, -0.2) is 0 Å². The zero-order chi connectivity index (χ0) is 15.7. The summed E-state index contributed by atoms with van der Waals surface area (Å²) in [6.45, 7) is 1.44. The summed E-state index contributed by atoms with van der Waals surface area (Å²) in [6, 6.07) is 11.4. The monoisotopic (exact) mass is 295 g/mol. The second kappa shape index (κ2) is 5.37. The molecule has 0 aromatic heterocycles. The van der Waals surface area contributed by atoms with Crippen LogP contribution in [-0.2, 0) is 4.79 Å². The molecule has 1 aliphatic heterocycles. The average Bonchev–Trinajstić information content (AvgIpc) is 2.76. The summed E-state index contributed by atoms with van der Waals surface area (Å²) >= 11 is 0. The van der Waals surface area contributed by atoms with Crippen molar-refractivity contribution in [3.05, 3.63) is 59.4 Å². The number of carbonyl (C=O) groups is 2. The number of phenolic OH excluding ortho intramolecular Hbond substituents is 1. The second-order valence-corrected chi connectivity index (χ2v) is 4.92. The van der Waals surface area contributed by atoms with Crippen LogP contribution in [0, 0.1) is 0 Å². The molecule has 0 radical (unpaired) electrons. The molecule has 0 aliphatic carbocycles. The van der Waals surface area contributed by atoms with Crippen molar-refractivity contribution in [1.82, 2.24) is 0 Å². The van der Waals surface area contributed by atoms with Crippen molar-refractivity contribution in [3.63, 3.8) is 0 Å². The molecule has 1 amide bonds. The highest BCUT2D eigenvalue weighted by atomic mass is 16.5. The van der Waals surface area contributed by atoms with Gasteiger partial charge in [-0.2, -0.15) is 0 Å². The second-order valence-electron chi connectivity index (χ2n) is 4.92. The van der Waals surface area contributed by atoms with Crippen LogP contribution < -0.4 is 10.1 Å². The molecule has 110 valence electrons. The maximum atomic E-state index is 12.2. The number of fused-ring (bicyclic) bond motifs is 1. The molecule has 1 heterocycles. The first-order valence-corrected chi connectivity index (χ1v) is 6.68. The number of rotatable bonds is 2. The molecule has 22 heavy (non-hydrogen) atoms. The highest BCUT2D eigenvalue weighted by Crippen LogP contribution is 2.34. The number of benzene rings is 2. The lowest BCUT2D eigenvalue weighted by Crippen LogP contribution is -2.05. The van der Waals surface area contributed by atoms with E-state index in [1.165, 1.54) is 25.1 Å². The van der Waals surface area contributed by atoms with Crippen molar-refractivity contribution in [2.45, 2.75) is 6.92 Å². The van der Waals surface area contributed by atoms with E-state index in [0.717, 1.165) is 5.56 Å². The first-order chi connectivity index (χ1) is 10.5. The van der Waals surface area contributed by atoms with E-state index in [1.54, 1.807) is 30.3 Å². The number of hydrogen-bond acceptors (Lipinski definition) is 4. The first-order valence-electron chi connectivity index (χ1n) is 6.68. The lowest BCUT2D eigenvalue weighted by molar-refractivity contribution is -0.114. The Balaban J connectivity index is 1.85. The third kappa shape index (κ3) is 2.69. The zero-order valence-corrected chi connectivity index (χ0v) is 11.8. The van der Waals surface area contributed by atoms with E-state index in [2.05, 4.69) is 5.32 Å². The van der Waals surface area contributed by atoms with Crippen LogP contribution in [-0.4, -0.2) is 16.8 Å². The largest absolute Gasteiger partial charge is 0.508 e. The molecule has 0 unspecified atom stereocenters. The number of allylic oxidation sites excluding steroid dienone is 1. The molecule has 2 N–H and O–H groups in total. The normalized spacial score (nSPS) is 14.6. The number of anilines is 1. The number of nitrogens with one attached hydrogen (secondary N) is 1. The fourth-order valence-corrected chi connectivity index (χ4v) is 2.19. The quantitative estimate of drug-likeness (QED) is 0.835. The number of aromatic hydroxyl groups is 1. The van der Waals surface area contributed by atoms with Crippen LogP contribution in [0.4, 0.5) is 5.69 Å². The summed E-state index contributed by atoms with van der Waals surface area (Å²) in [4.78, 5) is 23.2. The minimum Gasteiger partial charge on any atom is -0.508 e. The maximum absolute atomic E-state index is 12.2. The first kappa shape index (κ1) is 13.9. The summed E-state index contributed by atoms with van der Waals surface area (Å²) in [7, 11) is 0. The van der Waals surface area contributed by atoms with Gasteiger partial charge in [-0.15, -0.1) is 0 Å². The van der Waals surface area contributed by atoms with Crippen LogP contribution in [0.15, 0.2) is 48.2 Å². The van der Waals surface area contributed by atoms with E-state index >= 15 is 0 Å². The Kier molecular flexibility index (Phi) is 3.39. The average molecular weight is 295 g/mol. The number of amides is 1. The Morgan fingerprint density at radius 3 is 2.59 bits per heavy atom. The number of ether oxygens (including phenoxy) is 1. The van der Waals surface area contributed by atoms with E-state index < -0.39 is 0 Å². The smallest absolute Gasteiger partial charge is 0.231 e. The number of phenols is 1. The molecule has 2 aromatic rings. The van der Waals surface area contributed by atoms with E-state index in [0.29, 0.717) is 17.0 Å². The van der Waals surface area contributed by atoms with Gasteiger partial charge in [0.25, 0.3) is 0 Å². The number of ketones is 1. The Morgan fingerprint density at radius 2 is 1.91 bits per heavy atom. The molecular formula is C17H13NO4. The Labute approximate surface area is 126 Å². The van der Waals surface area contributed by atoms with Gasteiger partial charge < -0.3 is 15.2 Å². The Morgan fingerprint density at radius 1 is 1.18 bits per heavy atom. The summed E-state index contributed by atoms with van der Waals surface area (Å²) < 4.78 is 5.48. The van der Waals surface area contributed by atoms with Gasteiger partial charge in [0.15, 0.2) is 5.76 Å². The van der Waals surface area contributed by atoms with Crippen LogP contribution in [0.5, 0.6) is 11.5 Å². The maximum Gasteiger partial charge on any atom is 0.231 e. The standard InChI is InChI=1S/C17H13NO4/c1-10(19)18-12-4-2-11(3-5-12)8-16-17(21)14-7-6-13(20)9-15(14)22-16/h2-9,20H,1H3,(H,18,19)/b16-8-. The summed E-state index contributed by atoms with van der Waals surface area (Å²) in [5.41, 5.74) is 1.88. The topological polar surface area (TPSA) is 75.6 Å². The molecular weight excluding hydrogens is 282 g/mol. The predicted octanol–water partition coefficient (Wildman–Crippen LogP) is 2.97. The molecule has 1 aliphatic rings. The van der Waals surface area contributed by atoms with Gasteiger partial charge in [0.1, 0.15) is 11.5 Å². The third-order valence-electron chi connectivity index (χ3n) is 3.18. The summed E-state index contributed by atoms with van der Waals surface area (Å²) in [5.74, 6) is 0.239. The Hall–Kier alpha value is -3.08. The van der Waals surface area contributed by atoms with Crippen LogP contribution in [0.25, 0.3) is 6.08 Å². The minimum absolute atomic E-state index is 0.0486. The van der Waals surface area contributed by atoms with Gasteiger partial charge in [0, 0.05) is 18.7 Å². The van der Waals surface area contributed by atoms with E-state index in [4.69, 9.17) is 4.74 Å². The molecule has 0 spiro atoms. The molecule has 5 heteroatoms. The zero-order valence-electron chi connectivity index (χ0n) is 11.8. The molecule has 2 aromatic carbocycles. The SMILES string of the molecule is CC(=O)Nc1ccc(/C=C2\Oc3cc(O)ccc3C2=O)cc1. The lowest BCUT2D eigenvalue weighted by Gasteiger charge is -2.02. The van der Waals surface area contributed by atoms with Gasteiger partial charge in [-0.1, -0.05) is 12.1 Å². The fraction of sp³-hybridized carbons (Fsp3) is 0.0588. The Bertz CT molecular complexity index is 791. The molecule has 0 atom stereocenters. The molecule has 0 saturated carbocycles. The number of hydrogen-bond donors (Lipinski definition) is 2. The molecule has 3 rings (SSSR count). The van der Waals surface area contributed by atoms with Gasteiger partial charge in [-0.05, 0) is 35.9 Å². The summed E-state index contributed by atoms with van der Waals surface area (Å²) in [5, 5.41) is 12.1. The van der Waals surface area contributed by atoms with Crippen LogP contribution >= 0.6 is 0 Å². The minimum atomic E-state index is -0.221. The highest BCUT2D eigenvalue weighted by Gasteiger charge is 2.27. The van der Waals surface area contributed by atoms with Gasteiger partial charge in [-0.3, -0.25) is 9.59 Å². The van der Waals surface area contributed by atoms with Gasteiger partial charge >= 0.3 is 0 Å². The van der Waals surface area contributed by atoms with Crippen molar-refractivity contribution in [2.24, 2.45) is 0 Å². The summed E-state index contributed by atoms with van der Waals surface area (Å²) in [6.07, 6.45) is 1.62. The van der Waals surface area contributed by atoms with E-state index in [9.17, 15) is 14.7 Å². The van der Waals surface area contributed by atoms with Crippen molar-refractivity contribution in [3.8, 4) is 11.5 Å². The lowest BCUT2D eigenvalue weighted by atomic mass is 10.1. The van der Waals surface area contributed by atoms with E-state index in [1.807, 2.05) is 0 Å². The highest BCUT2D eigenvalue weighted by molar-refractivity contribution is 6.14. The third-order valence-corrected chi connectivity index (χ3v) is 3.18. The number of carbonyl (C=O) groups excluding carboxylic acids is 2. The van der Waals surface area contributed by atoms with Crippen molar-refractivity contribution < 1.29 is 19.4 Å². The van der Waals surface area contributed by atoms with Crippen molar-refractivity contribution in [1.29, 1.82) is 0 Å². The molecule has 0 fully saturated rings. The van der Waals surface area contributed by atoms with E-state index in [-0.39, 0.29) is 23.2 Å². The van der Waals surface area contributed by atoms with Crippen LogP contribution in [0.2, 0.25) is 0 Å². The van der Waals surface area contributed by atoms with Crippen LogP contribution in [0.1, 0.15) is 22.8 Å². The van der Waals surface area contributed by atoms with Gasteiger partial charge in [0.2, 0.25) is 11.7 Å². The van der Waals surface area contributed by atoms with Crippen molar-refractivity contribution in [2.75, 3.05) is 5.32 Å². The van der Waals surface area contributed by atoms with Crippen molar-refractivity contribution >= 4 is 23.5 Å². The fourth-order valence-electron chi connectivity index (χ4n) is 2.19. The predicted molar refractivity (Wildman–Crippen MR) is 81.8 cm³/mol. The molecule has 5 nitrogen and oxygen atoms in total. The molecule has 0 saturated heterocycles. The van der Waals surface area contributed by atoms with Gasteiger partial charge in [0.05, 0.1) is 5.56 Å².